The molecule has 6 N–H and O–H groups in total. The van der Waals surface area contributed by atoms with Crippen molar-refractivity contribution < 1.29 is 19.8 Å². The zero-order chi connectivity index (χ0) is 16.4. The summed E-state index contributed by atoms with van der Waals surface area (Å²) in [7, 11) is 0. The fourth-order valence-electron chi connectivity index (χ4n) is 1.45. The van der Waals surface area contributed by atoms with E-state index >= 15 is 0 Å². The van der Waals surface area contributed by atoms with E-state index in [4.69, 9.17) is 21.7 Å². The summed E-state index contributed by atoms with van der Waals surface area (Å²) in [6.07, 6.45) is 1.20. The van der Waals surface area contributed by atoms with Gasteiger partial charge in [0.05, 0.1) is 0 Å². The van der Waals surface area contributed by atoms with Gasteiger partial charge in [-0.2, -0.15) is 0 Å². The highest BCUT2D eigenvalue weighted by Gasteiger charge is 2.17. The second-order valence-corrected chi connectivity index (χ2v) is 4.88. The Labute approximate surface area is 124 Å². The summed E-state index contributed by atoms with van der Waals surface area (Å²) in [6.45, 7) is 3.76. The van der Waals surface area contributed by atoms with E-state index in [0.717, 1.165) is 12.0 Å². The molecule has 0 aromatic heterocycles. The zero-order valence-corrected chi connectivity index (χ0v) is 12.4. The van der Waals surface area contributed by atoms with Crippen molar-refractivity contribution in [1.82, 2.24) is 0 Å². The Morgan fingerprint density at radius 3 is 1.95 bits per heavy atom. The minimum atomic E-state index is -0.959. The number of carbonyl (C=O) groups is 2. The first kappa shape index (κ1) is 19.1. The van der Waals surface area contributed by atoms with Crippen molar-refractivity contribution in [2.45, 2.75) is 38.8 Å². The second-order valence-electron chi connectivity index (χ2n) is 4.88. The quantitative estimate of drug-likeness (QED) is 0.622. The van der Waals surface area contributed by atoms with Crippen molar-refractivity contribution in [3.05, 3.63) is 35.9 Å². The van der Waals surface area contributed by atoms with E-state index in [2.05, 4.69) is 0 Å². The van der Waals surface area contributed by atoms with Crippen LogP contribution in [0.4, 0.5) is 0 Å². The summed E-state index contributed by atoms with van der Waals surface area (Å²) >= 11 is 0. The third kappa shape index (κ3) is 8.06. The Bertz CT molecular complexity index is 437. The van der Waals surface area contributed by atoms with Crippen molar-refractivity contribution in [3.8, 4) is 0 Å². The summed E-state index contributed by atoms with van der Waals surface area (Å²) in [4.78, 5) is 20.6. The summed E-state index contributed by atoms with van der Waals surface area (Å²) < 4.78 is 0. The second kappa shape index (κ2) is 9.90. The Kier molecular flexibility index (Phi) is 9.00. The lowest BCUT2D eigenvalue weighted by atomic mass is 10.0. The predicted octanol–water partition coefficient (Wildman–Crippen LogP) is 1.09. The highest BCUT2D eigenvalue weighted by atomic mass is 16.4. The van der Waals surface area contributed by atoms with Gasteiger partial charge in [-0.3, -0.25) is 9.59 Å². The lowest BCUT2D eigenvalue weighted by molar-refractivity contribution is -0.140. The normalized spacial score (nSPS) is 14.3. The van der Waals surface area contributed by atoms with E-state index in [1.54, 1.807) is 0 Å². The molecule has 0 radical (unpaired) electrons. The summed E-state index contributed by atoms with van der Waals surface area (Å²) in [5.74, 6) is -1.80. The lowest BCUT2D eigenvalue weighted by Gasteiger charge is -2.11. The maximum atomic E-state index is 10.4. The Hall–Kier alpha value is -1.92. The van der Waals surface area contributed by atoms with Crippen LogP contribution in [0.25, 0.3) is 0 Å². The maximum Gasteiger partial charge on any atom is 0.320 e. The summed E-state index contributed by atoms with van der Waals surface area (Å²) in [5, 5.41) is 16.9. The number of carboxylic acid groups (broad SMARTS) is 2. The van der Waals surface area contributed by atoms with Gasteiger partial charge in [0, 0.05) is 0 Å². The third-order valence-corrected chi connectivity index (χ3v) is 3.16. The molecule has 0 amide bonds. The number of hydrogen-bond donors (Lipinski definition) is 4. The molecule has 0 aliphatic rings. The van der Waals surface area contributed by atoms with Crippen LogP contribution in [0.5, 0.6) is 0 Å². The molecule has 0 bridgehead atoms. The van der Waals surface area contributed by atoms with Crippen LogP contribution in [0.3, 0.4) is 0 Å². The van der Waals surface area contributed by atoms with Gasteiger partial charge in [-0.05, 0) is 17.9 Å². The van der Waals surface area contributed by atoms with Crippen LogP contribution in [-0.2, 0) is 16.0 Å². The molecule has 3 atom stereocenters. The van der Waals surface area contributed by atoms with Crippen molar-refractivity contribution in [2.24, 2.45) is 17.4 Å². The van der Waals surface area contributed by atoms with Gasteiger partial charge >= 0.3 is 11.9 Å². The fraction of sp³-hybridized carbons (Fsp3) is 0.467. The van der Waals surface area contributed by atoms with Crippen LogP contribution in [0.2, 0.25) is 0 Å². The molecular weight excluding hydrogens is 272 g/mol. The van der Waals surface area contributed by atoms with E-state index in [-0.39, 0.29) is 5.92 Å². The van der Waals surface area contributed by atoms with Gasteiger partial charge in [0.2, 0.25) is 0 Å². The third-order valence-electron chi connectivity index (χ3n) is 3.16. The number of carboxylic acids is 2. The molecule has 6 heteroatoms. The molecule has 0 saturated heterocycles. The first-order chi connectivity index (χ1) is 9.79. The van der Waals surface area contributed by atoms with E-state index < -0.39 is 24.0 Å². The van der Waals surface area contributed by atoms with E-state index in [9.17, 15) is 9.59 Å². The van der Waals surface area contributed by atoms with E-state index in [0.29, 0.717) is 6.42 Å². The molecule has 118 valence electrons. The molecule has 21 heavy (non-hydrogen) atoms. The average molecular weight is 296 g/mol. The molecule has 6 nitrogen and oxygen atoms in total. The van der Waals surface area contributed by atoms with Gasteiger partial charge in [-0.25, -0.2) is 0 Å². The number of aliphatic carboxylic acids is 2. The molecule has 0 saturated carbocycles. The molecule has 0 fully saturated rings. The molecule has 0 aliphatic carbocycles. The molecule has 0 heterocycles. The molecule has 0 aliphatic heterocycles. The molecule has 1 aromatic carbocycles. The topological polar surface area (TPSA) is 127 Å². The van der Waals surface area contributed by atoms with Crippen molar-refractivity contribution in [1.29, 1.82) is 0 Å². The number of hydrogen-bond acceptors (Lipinski definition) is 4. The first-order valence-electron chi connectivity index (χ1n) is 6.80. The molecule has 1 unspecified atom stereocenters. The number of rotatable bonds is 6. The minimum Gasteiger partial charge on any atom is -0.480 e. The number of benzene rings is 1. The fourth-order valence-corrected chi connectivity index (χ4v) is 1.45. The van der Waals surface area contributed by atoms with Gasteiger partial charge in [-0.1, -0.05) is 50.6 Å². The molecule has 0 spiro atoms. The van der Waals surface area contributed by atoms with Crippen LogP contribution in [0.15, 0.2) is 30.3 Å². The lowest BCUT2D eigenvalue weighted by Crippen LogP contribution is -2.36. The van der Waals surface area contributed by atoms with Gasteiger partial charge in [-0.15, -0.1) is 0 Å². The van der Waals surface area contributed by atoms with E-state index in [1.165, 1.54) is 0 Å². The van der Waals surface area contributed by atoms with Crippen molar-refractivity contribution in [3.63, 3.8) is 0 Å². The molecule has 1 aromatic rings. The maximum absolute atomic E-state index is 10.4. The molecule has 1 rings (SSSR count). The van der Waals surface area contributed by atoms with Gasteiger partial charge in [0.15, 0.2) is 0 Å². The van der Waals surface area contributed by atoms with Crippen molar-refractivity contribution in [2.75, 3.05) is 0 Å². The standard InChI is InChI=1S/C9H11NO2.C6H13NO2/c10-8(9(11)12)6-7-4-2-1-3-5-7;1-3-4(2)5(7)6(8)9/h1-5,8H,6,10H2,(H,11,12);4-5H,3,7H2,1-2H3,(H,8,9)/t8-;4?,5-/m11/s1. The summed E-state index contributed by atoms with van der Waals surface area (Å²) in [6, 6.07) is 7.84. The Balaban J connectivity index is 0.000000400. The van der Waals surface area contributed by atoms with Gasteiger partial charge < -0.3 is 21.7 Å². The van der Waals surface area contributed by atoms with Crippen molar-refractivity contribution >= 4 is 11.9 Å². The first-order valence-corrected chi connectivity index (χ1v) is 6.80. The largest absolute Gasteiger partial charge is 0.480 e. The smallest absolute Gasteiger partial charge is 0.320 e. The number of nitrogens with two attached hydrogens (primary N) is 2. The predicted molar refractivity (Wildman–Crippen MR) is 80.8 cm³/mol. The summed E-state index contributed by atoms with van der Waals surface area (Å²) in [5.41, 5.74) is 11.6. The average Bonchev–Trinajstić information content (AvgIpc) is 2.47. The Morgan fingerprint density at radius 2 is 1.62 bits per heavy atom. The monoisotopic (exact) mass is 296 g/mol. The van der Waals surface area contributed by atoms with Crippen LogP contribution in [-0.4, -0.2) is 34.2 Å². The van der Waals surface area contributed by atoms with Crippen LogP contribution in [0.1, 0.15) is 25.8 Å². The van der Waals surface area contributed by atoms with Gasteiger partial charge in [0.25, 0.3) is 0 Å². The minimum absolute atomic E-state index is 0.0718. The van der Waals surface area contributed by atoms with Crippen LogP contribution < -0.4 is 11.5 Å². The highest BCUT2D eigenvalue weighted by Crippen LogP contribution is 2.04. The van der Waals surface area contributed by atoms with Crippen LogP contribution >= 0.6 is 0 Å². The SMILES string of the molecule is CCC(C)[C@@H](N)C(=O)O.N[C@H](Cc1ccccc1)C(=O)O. The Morgan fingerprint density at radius 1 is 1.10 bits per heavy atom. The highest BCUT2D eigenvalue weighted by molar-refractivity contribution is 5.73. The van der Waals surface area contributed by atoms with Gasteiger partial charge in [0.1, 0.15) is 12.1 Å². The zero-order valence-electron chi connectivity index (χ0n) is 12.4. The van der Waals surface area contributed by atoms with Crippen LogP contribution in [0, 0.1) is 5.92 Å². The van der Waals surface area contributed by atoms with E-state index in [1.807, 2.05) is 44.2 Å². The molecular formula is C15H24N2O4.